The number of hydrogen-bond donors (Lipinski definition) is 2. The Morgan fingerprint density at radius 3 is 2.60 bits per heavy atom. The van der Waals surface area contributed by atoms with Crippen LogP contribution in [-0.2, 0) is 4.74 Å². The van der Waals surface area contributed by atoms with Gasteiger partial charge in [0.2, 0.25) is 0 Å². The number of nitrogens with one attached hydrogen (secondary N) is 2. The van der Waals surface area contributed by atoms with Crippen molar-refractivity contribution >= 4 is 11.6 Å². The molecule has 2 rings (SSSR count). The lowest BCUT2D eigenvalue weighted by Crippen LogP contribution is -2.32. The maximum absolute atomic E-state index is 12.0. The van der Waals surface area contributed by atoms with Crippen LogP contribution in [0.5, 0.6) is 0 Å². The Balaban J connectivity index is 1.79. The first-order valence-electron chi connectivity index (χ1n) is 7.49. The van der Waals surface area contributed by atoms with Crippen LogP contribution in [0.25, 0.3) is 0 Å². The zero-order chi connectivity index (χ0) is 14.2. The average Bonchev–Trinajstić information content (AvgIpc) is 2.52. The lowest BCUT2D eigenvalue weighted by Gasteiger charge is -2.22. The van der Waals surface area contributed by atoms with Crippen molar-refractivity contribution in [1.82, 2.24) is 5.32 Å². The summed E-state index contributed by atoms with van der Waals surface area (Å²) in [5.74, 6) is 0.566. The zero-order valence-corrected chi connectivity index (χ0v) is 12.2. The van der Waals surface area contributed by atoms with Crippen LogP contribution in [0, 0.1) is 5.92 Å². The maximum atomic E-state index is 12.0. The van der Waals surface area contributed by atoms with E-state index in [0.717, 1.165) is 56.8 Å². The Morgan fingerprint density at radius 2 is 1.95 bits per heavy atom. The molecule has 0 radical (unpaired) electrons. The van der Waals surface area contributed by atoms with E-state index in [2.05, 4.69) is 17.6 Å². The van der Waals surface area contributed by atoms with Gasteiger partial charge in [0.25, 0.3) is 5.91 Å². The van der Waals surface area contributed by atoms with Crippen molar-refractivity contribution in [2.75, 3.05) is 31.6 Å². The van der Waals surface area contributed by atoms with Gasteiger partial charge < -0.3 is 15.4 Å². The first-order valence-corrected chi connectivity index (χ1v) is 7.49. The highest BCUT2D eigenvalue weighted by atomic mass is 16.5. The third-order valence-corrected chi connectivity index (χ3v) is 3.62. The second-order valence-corrected chi connectivity index (χ2v) is 5.27. The van der Waals surface area contributed by atoms with Gasteiger partial charge in [-0.15, -0.1) is 0 Å². The molecule has 110 valence electrons. The standard InChI is InChI=1S/C16H24N2O2/c1-2-9-17-15-5-3-14(4-6-15)16(19)18-12-13-7-10-20-11-8-13/h3-6,13,17H,2,7-12H2,1H3,(H,18,19). The van der Waals surface area contributed by atoms with Crippen molar-refractivity contribution in [2.45, 2.75) is 26.2 Å². The Hall–Kier alpha value is -1.55. The Kier molecular flexibility index (Phi) is 5.87. The topological polar surface area (TPSA) is 50.4 Å². The van der Waals surface area contributed by atoms with Gasteiger partial charge in [-0.25, -0.2) is 0 Å². The predicted molar refractivity (Wildman–Crippen MR) is 81.1 cm³/mol. The highest BCUT2D eigenvalue weighted by Crippen LogP contribution is 2.14. The first kappa shape index (κ1) is 14.9. The normalized spacial score (nSPS) is 15.8. The molecule has 20 heavy (non-hydrogen) atoms. The third kappa shape index (κ3) is 4.53. The minimum atomic E-state index is 0.0125. The molecule has 4 heteroatoms. The van der Waals surface area contributed by atoms with Crippen LogP contribution in [0.2, 0.25) is 0 Å². The van der Waals surface area contributed by atoms with E-state index in [9.17, 15) is 4.79 Å². The quantitative estimate of drug-likeness (QED) is 0.840. The smallest absolute Gasteiger partial charge is 0.251 e. The van der Waals surface area contributed by atoms with Gasteiger partial charge in [-0.05, 0) is 49.4 Å². The molecule has 1 heterocycles. The van der Waals surface area contributed by atoms with E-state index in [4.69, 9.17) is 4.74 Å². The van der Waals surface area contributed by atoms with E-state index in [0.29, 0.717) is 5.92 Å². The van der Waals surface area contributed by atoms with Gasteiger partial charge in [0, 0.05) is 37.6 Å². The molecule has 1 fully saturated rings. The highest BCUT2D eigenvalue weighted by Gasteiger charge is 2.15. The van der Waals surface area contributed by atoms with Crippen LogP contribution in [0.3, 0.4) is 0 Å². The summed E-state index contributed by atoms with van der Waals surface area (Å²) < 4.78 is 5.32. The number of anilines is 1. The third-order valence-electron chi connectivity index (χ3n) is 3.62. The molecule has 1 saturated heterocycles. The molecule has 1 aromatic carbocycles. The molecular formula is C16H24N2O2. The van der Waals surface area contributed by atoms with Crippen molar-refractivity contribution in [3.63, 3.8) is 0 Å². The minimum absolute atomic E-state index is 0.0125. The van der Waals surface area contributed by atoms with E-state index in [1.807, 2.05) is 24.3 Å². The van der Waals surface area contributed by atoms with Gasteiger partial charge in [-0.2, -0.15) is 0 Å². The summed E-state index contributed by atoms with van der Waals surface area (Å²) in [6.07, 6.45) is 3.17. The van der Waals surface area contributed by atoms with Gasteiger partial charge in [0.15, 0.2) is 0 Å². The summed E-state index contributed by atoms with van der Waals surface area (Å²) in [5, 5.41) is 6.31. The van der Waals surface area contributed by atoms with Gasteiger partial charge in [-0.3, -0.25) is 4.79 Å². The lowest BCUT2D eigenvalue weighted by molar-refractivity contribution is 0.0642. The molecule has 1 amide bonds. The van der Waals surface area contributed by atoms with E-state index in [1.165, 1.54) is 0 Å². The number of benzene rings is 1. The summed E-state index contributed by atoms with van der Waals surface area (Å²) in [7, 11) is 0. The summed E-state index contributed by atoms with van der Waals surface area (Å²) >= 11 is 0. The van der Waals surface area contributed by atoms with Gasteiger partial charge >= 0.3 is 0 Å². The van der Waals surface area contributed by atoms with Crippen LogP contribution in [0.1, 0.15) is 36.5 Å². The fourth-order valence-corrected chi connectivity index (χ4v) is 2.30. The first-order chi connectivity index (χ1) is 9.79. The zero-order valence-electron chi connectivity index (χ0n) is 12.2. The number of ether oxygens (including phenoxy) is 1. The molecule has 0 aliphatic carbocycles. The molecule has 0 spiro atoms. The average molecular weight is 276 g/mol. The summed E-state index contributed by atoms with van der Waals surface area (Å²) in [4.78, 5) is 12.0. The Labute approximate surface area is 120 Å². The number of carbonyl (C=O) groups excluding carboxylic acids is 1. The van der Waals surface area contributed by atoms with E-state index in [1.54, 1.807) is 0 Å². The van der Waals surface area contributed by atoms with Crippen LogP contribution in [-0.4, -0.2) is 32.2 Å². The minimum Gasteiger partial charge on any atom is -0.385 e. The molecule has 4 nitrogen and oxygen atoms in total. The number of carbonyl (C=O) groups is 1. The number of rotatable bonds is 6. The summed E-state index contributed by atoms with van der Waals surface area (Å²) in [5.41, 5.74) is 1.78. The molecule has 0 saturated carbocycles. The monoisotopic (exact) mass is 276 g/mol. The van der Waals surface area contributed by atoms with E-state index in [-0.39, 0.29) is 5.91 Å². The maximum Gasteiger partial charge on any atom is 0.251 e. The van der Waals surface area contributed by atoms with Crippen molar-refractivity contribution in [2.24, 2.45) is 5.92 Å². The van der Waals surface area contributed by atoms with Crippen LogP contribution < -0.4 is 10.6 Å². The summed E-state index contributed by atoms with van der Waals surface area (Å²) in [6.45, 7) is 5.47. The van der Waals surface area contributed by atoms with Crippen LogP contribution in [0.4, 0.5) is 5.69 Å². The van der Waals surface area contributed by atoms with Crippen LogP contribution >= 0.6 is 0 Å². The van der Waals surface area contributed by atoms with Gasteiger partial charge in [-0.1, -0.05) is 6.92 Å². The van der Waals surface area contributed by atoms with Crippen molar-refractivity contribution < 1.29 is 9.53 Å². The molecule has 0 unspecified atom stereocenters. The molecule has 1 aliphatic heterocycles. The molecule has 0 aromatic heterocycles. The van der Waals surface area contributed by atoms with Crippen molar-refractivity contribution in [1.29, 1.82) is 0 Å². The van der Waals surface area contributed by atoms with Gasteiger partial charge in [0.05, 0.1) is 0 Å². The predicted octanol–water partition coefficient (Wildman–Crippen LogP) is 2.66. The molecule has 1 aliphatic rings. The molecule has 1 aromatic rings. The summed E-state index contributed by atoms with van der Waals surface area (Å²) in [6, 6.07) is 7.66. The van der Waals surface area contributed by atoms with E-state index < -0.39 is 0 Å². The Bertz CT molecular complexity index is 411. The van der Waals surface area contributed by atoms with Crippen molar-refractivity contribution in [3.8, 4) is 0 Å². The fourth-order valence-electron chi connectivity index (χ4n) is 2.30. The second kappa shape index (κ2) is 7.90. The van der Waals surface area contributed by atoms with E-state index >= 15 is 0 Å². The molecule has 0 atom stereocenters. The largest absolute Gasteiger partial charge is 0.385 e. The fraction of sp³-hybridized carbons (Fsp3) is 0.562. The Morgan fingerprint density at radius 1 is 1.25 bits per heavy atom. The molecule has 2 N–H and O–H groups in total. The SMILES string of the molecule is CCCNc1ccc(C(=O)NCC2CCOCC2)cc1. The lowest BCUT2D eigenvalue weighted by atomic mass is 10.0. The van der Waals surface area contributed by atoms with Crippen LogP contribution in [0.15, 0.2) is 24.3 Å². The molecular weight excluding hydrogens is 252 g/mol. The number of amides is 1. The van der Waals surface area contributed by atoms with Crippen molar-refractivity contribution in [3.05, 3.63) is 29.8 Å². The van der Waals surface area contributed by atoms with Gasteiger partial charge in [0.1, 0.15) is 0 Å². The number of hydrogen-bond acceptors (Lipinski definition) is 3. The highest BCUT2D eigenvalue weighted by molar-refractivity contribution is 5.94. The molecule has 0 bridgehead atoms. The second-order valence-electron chi connectivity index (χ2n) is 5.27.